The standard InChI is InChI=1S/C17H16N2OS/c20-17-7-6-13(16-5-1-2-8-19-16)10-14(17)11-18-12-15-4-3-9-21-15/h1-10,18,20H,11-12H2. The van der Waals surface area contributed by atoms with Gasteiger partial charge in [0.05, 0.1) is 5.69 Å². The molecular weight excluding hydrogens is 280 g/mol. The molecule has 0 aliphatic heterocycles. The lowest BCUT2D eigenvalue weighted by atomic mass is 10.1. The molecule has 0 amide bonds. The maximum Gasteiger partial charge on any atom is 0.120 e. The number of hydrogen-bond acceptors (Lipinski definition) is 4. The number of phenols is 1. The number of aromatic hydroxyl groups is 1. The fraction of sp³-hybridized carbons (Fsp3) is 0.118. The molecular formula is C17H16N2OS. The third-order valence-electron chi connectivity index (χ3n) is 3.23. The van der Waals surface area contributed by atoms with Crippen LogP contribution < -0.4 is 5.32 Å². The summed E-state index contributed by atoms with van der Waals surface area (Å²) in [5, 5.41) is 15.4. The highest BCUT2D eigenvalue weighted by Crippen LogP contribution is 2.24. The maximum absolute atomic E-state index is 9.98. The van der Waals surface area contributed by atoms with Crippen LogP contribution in [0.25, 0.3) is 11.3 Å². The van der Waals surface area contributed by atoms with E-state index in [9.17, 15) is 5.11 Å². The lowest BCUT2D eigenvalue weighted by molar-refractivity contribution is 0.464. The molecule has 106 valence electrons. The van der Waals surface area contributed by atoms with Crippen molar-refractivity contribution in [1.29, 1.82) is 0 Å². The summed E-state index contributed by atoms with van der Waals surface area (Å²) in [5.74, 6) is 0.313. The first-order valence-electron chi connectivity index (χ1n) is 6.79. The van der Waals surface area contributed by atoms with Crippen molar-refractivity contribution in [3.05, 3.63) is 70.5 Å². The first-order chi connectivity index (χ1) is 10.3. The van der Waals surface area contributed by atoms with Crippen molar-refractivity contribution in [3.63, 3.8) is 0 Å². The molecule has 2 heterocycles. The Balaban J connectivity index is 1.72. The Morgan fingerprint density at radius 2 is 2.00 bits per heavy atom. The predicted molar refractivity (Wildman–Crippen MR) is 86.2 cm³/mol. The number of benzene rings is 1. The minimum absolute atomic E-state index is 0.313. The minimum atomic E-state index is 0.313. The van der Waals surface area contributed by atoms with E-state index in [-0.39, 0.29) is 0 Å². The van der Waals surface area contributed by atoms with Gasteiger partial charge in [-0.2, -0.15) is 0 Å². The van der Waals surface area contributed by atoms with Gasteiger partial charge in [-0.1, -0.05) is 12.1 Å². The normalized spacial score (nSPS) is 10.7. The third-order valence-corrected chi connectivity index (χ3v) is 4.11. The van der Waals surface area contributed by atoms with E-state index in [0.29, 0.717) is 12.3 Å². The highest BCUT2D eigenvalue weighted by molar-refractivity contribution is 7.09. The Kier molecular flexibility index (Phi) is 4.28. The monoisotopic (exact) mass is 296 g/mol. The van der Waals surface area contributed by atoms with Crippen molar-refractivity contribution in [3.8, 4) is 17.0 Å². The van der Waals surface area contributed by atoms with Gasteiger partial charge in [0.15, 0.2) is 0 Å². The number of aromatic nitrogens is 1. The zero-order chi connectivity index (χ0) is 14.5. The zero-order valence-corrected chi connectivity index (χ0v) is 12.3. The van der Waals surface area contributed by atoms with Crippen LogP contribution in [0.2, 0.25) is 0 Å². The van der Waals surface area contributed by atoms with Gasteiger partial charge in [0.1, 0.15) is 5.75 Å². The Morgan fingerprint density at radius 3 is 2.76 bits per heavy atom. The van der Waals surface area contributed by atoms with Crippen molar-refractivity contribution in [2.75, 3.05) is 0 Å². The van der Waals surface area contributed by atoms with Crippen LogP contribution in [-0.2, 0) is 13.1 Å². The topological polar surface area (TPSA) is 45.2 Å². The molecule has 0 fully saturated rings. The van der Waals surface area contributed by atoms with Crippen LogP contribution in [0.3, 0.4) is 0 Å². The second-order valence-corrected chi connectivity index (χ2v) is 5.77. The SMILES string of the molecule is Oc1ccc(-c2ccccn2)cc1CNCc1cccs1. The second kappa shape index (κ2) is 6.52. The van der Waals surface area contributed by atoms with E-state index in [1.165, 1.54) is 4.88 Å². The van der Waals surface area contributed by atoms with Gasteiger partial charge in [0.25, 0.3) is 0 Å². The van der Waals surface area contributed by atoms with Crippen LogP contribution in [0.5, 0.6) is 5.75 Å². The van der Waals surface area contributed by atoms with Gasteiger partial charge in [-0.25, -0.2) is 0 Å². The molecule has 0 aliphatic carbocycles. The fourth-order valence-electron chi connectivity index (χ4n) is 2.15. The molecule has 0 bridgehead atoms. The van der Waals surface area contributed by atoms with Crippen LogP contribution in [0.4, 0.5) is 0 Å². The second-order valence-electron chi connectivity index (χ2n) is 4.74. The summed E-state index contributed by atoms with van der Waals surface area (Å²) in [6.07, 6.45) is 1.77. The summed E-state index contributed by atoms with van der Waals surface area (Å²) in [6, 6.07) is 15.6. The molecule has 2 N–H and O–H groups in total. The molecule has 1 aromatic carbocycles. The van der Waals surface area contributed by atoms with Gasteiger partial charge in [0.2, 0.25) is 0 Å². The summed E-state index contributed by atoms with van der Waals surface area (Å²) >= 11 is 1.73. The Labute approximate surface area is 127 Å². The van der Waals surface area contributed by atoms with E-state index in [1.807, 2.05) is 36.4 Å². The largest absolute Gasteiger partial charge is 0.508 e. The highest BCUT2D eigenvalue weighted by Gasteiger charge is 2.05. The average molecular weight is 296 g/mol. The molecule has 4 heteroatoms. The predicted octanol–water partition coefficient (Wildman–Crippen LogP) is 3.81. The van der Waals surface area contributed by atoms with E-state index in [1.54, 1.807) is 23.6 Å². The van der Waals surface area contributed by atoms with Crippen LogP contribution in [0, 0.1) is 0 Å². The summed E-state index contributed by atoms with van der Waals surface area (Å²) in [7, 11) is 0. The van der Waals surface area contributed by atoms with Crippen molar-refractivity contribution in [2.45, 2.75) is 13.1 Å². The Hall–Kier alpha value is -2.17. The number of nitrogens with one attached hydrogen (secondary N) is 1. The number of pyridine rings is 1. The van der Waals surface area contributed by atoms with Gasteiger partial charge in [-0.3, -0.25) is 4.98 Å². The first-order valence-corrected chi connectivity index (χ1v) is 7.67. The van der Waals surface area contributed by atoms with E-state index < -0.39 is 0 Å². The summed E-state index contributed by atoms with van der Waals surface area (Å²) < 4.78 is 0. The van der Waals surface area contributed by atoms with E-state index in [2.05, 4.69) is 21.7 Å². The van der Waals surface area contributed by atoms with Gasteiger partial charge >= 0.3 is 0 Å². The van der Waals surface area contributed by atoms with E-state index in [4.69, 9.17) is 0 Å². The molecule has 0 radical (unpaired) electrons. The lowest BCUT2D eigenvalue weighted by Gasteiger charge is -2.08. The molecule has 3 nitrogen and oxygen atoms in total. The van der Waals surface area contributed by atoms with Gasteiger partial charge in [0, 0.05) is 35.3 Å². The smallest absolute Gasteiger partial charge is 0.120 e. The van der Waals surface area contributed by atoms with E-state index >= 15 is 0 Å². The number of hydrogen-bond donors (Lipinski definition) is 2. The average Bonchev–Trinajstić information content (AvgIpc) is 3.03. The third kappa shape index (κ3) is 3.48. The van der Waals surface area contributed by atoms with Gasteiger partial charge in [-0.15, -0.1) is 11.3 Å². The van der Waals surface area contributed by atoms with Crippen molar-refractivity contribution in [1.82, 2.24) is 10.3 Å². The first kappa shape index (κ1) is 13.8. The van der Waals surface area contributed by atoms with Gasteiger partial charge in [-0.05, 0) is 41.8 Å². The van der Waals surface area contributed by atoms with Crippen molar-refractivity contribution >= 4 is 11.3 Å². The quantitative estimate of drug-likeness (QED) is 0.752. The molecule has 0 atom stereocenters. The number of nitrogens with zero attached hydrogens (tertiary/aromatic N) is 1. The van der Waals surface area contributed by atoms with Crippen LogP contribution in [0.15, 0.2) is 60.1 Å². The number of rotatable bonds is 5. The molecule has 3 aromatic rings. The summed E-state index contributed by atoms with van der Waals surface area (Å²) in [4.78, 5) is 5.63. The lowest BCUT2D eigenvalue weighted by Crippen LogP contribution is -2.11. The molecule has 0 saturated heterocycles. The fourth-order valence-corrected chi connectivity index (χ4v) is 2.83. The maximum atomic E-state index is 9.98. The minimum Gasteiger partial charge on any atom is -0.508 e. The Bertz CT molecular complexity index is 696. The molecule has 3 rings (SSSR count). The van der Waals surface area contributed by atoms with Crippen LogP contribution >= 0.6 is 11.3 Å². The molecule has 21 heavy (non-hydrogen) atoms. The number of thiophene rings is 1. The molecule has 2 aromatic heterocycles. The van der Waals surface area contributed by atoms with E-state index in [0.717, 1.165) is 23.4 Å². The van der Waals surface area contributed by atoms with Crippen molar-refractivity contribution < 1.29 is 5.11 Å². The van der Waals surface area contributed by atoms with Crippen LogP contribution in [-0.4, -0.2) is 10.1 Å². The van der Waals surface area contributed by atoms with Crippen LogP contribution in [0.1, 0.15) is 10.4 Å². The number of phenolic OH excluding ortho intramolecular Hbond substituents is 1. The van der Waals surface area contributed by atoms with Gasteiger partial charge < -0.3 is 10.4 Å². The zero-order valence-electron chi connectivity index (χ0n) is 11.5. The summed E-state index contributed by atoms with van der Waals surface area (Å²) in [5.41, 5.74) is 2.81. The Morgan fingerprint density at radius 1 is 1.05 bits per heavy atom. The molecule has 0 aliphatic rings. The summed E-state index contributed by atoms with van der Waals surface area (Å²) in [6.45, 7) is 1.44. The molecule has 0 spiro atoms. The highest BCUT2D eigenvalue weighted by atomic mass is 32.1. The molecule has 0 saturated carbocycles. The van der Waals surface area contributed by atoms with Crippen molar-refractivity contribution in [2.24, 2.45) is 0 Å². The molecule has 0 unspecified atom stereocenters.